The van der Waals surface area contributed by atoms with Crippen LogP contribution in [0.4, 0.5) is 10.9 Å². The van der Waals surface area contributed by atoms with Crippen molar-refractivity contribution in [1.82, 2.24) is 10.3 Å². The summed E-state index contributed by atoms with van der Waals surface area (Å²) < 4.78 is 4.89. The molecule has 108 valence electrons. The fourth-order valence-corrected chi connectivity index (χ4v) is 2.21. The third-order valence-corrected chi connectivity index (χ3v) is 3.34. The van der Waals surface area contributed by atoms with E-state index in [1.54, 1.807) is 0 Å². The van der Waals surface area contributed by atoms with Crippen molar-refractivity contribution >= 4 is 28.2 Å². The molecule has 0 saturated carbocycles. The highest BCUT2D eigenvalue weighted by Crippen LogP contribution is 2.24. The van der Waals surface area contributed by atoms with E-state index in [0.717, 1.165) is 13.0 Å². The van der Waals surface area contributed by atoms with Crippen molar-refractivity contribution in [3.63, 3.8) is 0 Å². The minimum absolute atomic E-state index is 0.190. The minimum Gasteiger partial charge on any atom is -0.394 e. The van der Waals surface area contributed by atoms with Crippen LogP contribution in [0.1, 0.15) is 23.0 Å². The maximum atomic E-state index is 12.0. The van der Waals surface area contributed by atoms with Crippen LogP contribution in [-0.2, 0) is 4.74 Å². The number of ether oxygens (including phenoxy) is 1. The lowest BCUT2D eigenvalue weighted by molar-refractivity contribution is 0.0844. The van der Waals surface area contributed by atoms with Crippen LogP contribution in [-0.4, -0.2) is 48.9 Å². The van der Waals surface area contributed by atoms with Crippen LogP contribution in [0.15, 0.2) is 0 Å². The maximum Gasteiger partial charge on any atom is 0.265 e. The Labute approximate surface area is 116 Å². The van der Waals surface area contributed by atoms with Gasteiger partial charge in [-0.05, 0) is 6.42 Å². The van der Waals surface area contributed by atoms with Crippen LogP contribution >= 0.6 is 11.3 Å². The highest BCUT2D eigenvalue weighted by molar-refractivity contribution is 7.18. The molecule has 0 aliphatic rings. The molecule has 0 radical (unpaired) electrons. The van der Waals surface area contributed by atoms with Gasteiger partial charge < -0.3 is 26.2 Å². The van der Waals surface area contributed by atoms with E-state index in [2.05, 4.69) is 15.6 Å². The number of nitrogens with two attached hydrogens (primary N) is 1. The van der Waals surface area contributed by atoms with E-state index >= 15 is 0 Å². The summed E-state index contributed by atoms with van der Waals surface area (Å²) in [6, 6.07) is -0.453. The van der Waals surface area contributed by atoms with Crippen molar-refractivity contribution in [3.05, 3.63) is 4.88 Å². The van der Waals surface area contributed by atoms with Gasteiger partial charge in [-0.25, -0.2) is 4.98 Å². The molecular formula is C11H20N4O3S. The smallest absolute Gasteiger partial charge is 0.265 e. The van der Waals surface area contributed by atoms with Gasteiger partial charge in [0.25, 0.3) is 5.91 Å². The molecule has 1 amide bonds. The number of aliphatic hydroxyl groups is 1. The molecule has 1 atom stereocenters. The zero-order valence-corrected chi connectivity index (χ0v) is 11.9. The second kappa shape index (κ2) is 7.93. The molecule has 1 aromatic heterocycles. The summed E-state index contributed by atoms with van der Waals surface area (Å²) in [5.74, 6) is -0.161. The number of nitrogen functional groups attached to an aromatic ring is 1. The standard InChI is InChI=1S/C11H20N4O3S/c1-3-4-13-11-15-9(12)8(19-11)10(17)14-7(5-16)6-18-2/h7,16H,3-6,12H2,1-2H3,(H,13,15)(H,14,17). The zero-order valence-electron chi connectivity index (χ0n) is 11.1. The molecule has 0 saturated heterocycles. The van der Waals surface area contributed by atoms with Crippen LogP contribution in [0.3, 0.4) is 0 Å². The van der Waals surface area contributed by atoms with E-state index < -0.39 is 6.04 Å². The first-order valence-corrected chi connectivity index (χ1v) is 6.84. The van der Waals surface area contributed by atoms with Gasteiger partial charge in [-0.3, -0.25) is 4.79 Å². The fourth-order valence-electron chi connectivity index (χ4n) is 1.39. The van der Waals surface area contributed by atoms with Crippen molar-refractivity contribution < 1.29 is 14.6 Å². The van der Waals surface area contributed by atoms with Crippen molar-refractivity contribution in [2.45, 2.75) is 19.4 Å². The fraction of sp³-hybridized carbons (Fsp3) is 0.636. The molecule has 0 aromatic carbocycles. The Morgan fingerprint density at radius 1 is 1.63 bits per heavy atom. The van der Waals surface area contributed by atoms with Crippen LogP contribution in [0, 0.1) is 0 Å². The van der Waals surface area contributed by atoms with E-state index in [1.165, 1.54) is 18.4 Å². The number of hydrogen-bond acceptors (Lipinski definition) is 7. The first-order valence-electron chi connectivity index (χ1n) is 6.03. The maximum absolute atomic E-state index is 12.0. The normalized spacial score (nSPS) is 12.2. The number of amides is 1. The van der Waals surface area contributed by atoms with Gasteiger partial charge in [0, 0.05) is 13.7 Å². The second-order valence-corrected chi connectivity index (χ2v) is 4.97. The Kier molecular flexibility index (Phi) is 6.54. The molecule has 8 heteroatoms. The third-order valence-electron chi connectivity index (χ3n) is 2.31. The second-order valence-electron chi connectivity index (χ2n) is 3.97. The Balaban J connectivity index is 2.67. The Morgan fingerprint density at radius 2 is 2.37 bits per heavy atom. The molecule has 1 aromatic rings. The summed E-state index contributed by atoms with van der Waals surface area (Å²) in [7, 11) is 1.50. The topological polar surface area (TPSA) is 110 Å². The lowest BCUT2D eigenvalue weighted by Gasteiger charge is -2.14. The molecule has 0 aliphatic carbocycles. The average molecular weight is 288 g/mol. The third kappa shape index (κ3) is 4.66. The number of anilines is 2. The number of methoxy groups -OCH3 is 1. The highest BCUT2D eigenvalue weighted by Gasteiger charge is 2.19. The number of rotatable bonds is 8. The molecule has 0 aliphatic heterocycles. The summed E-state index contributed by atoms with van der Waals surface area (Å²) in [4.78, 5) is 16.4. The number of nitrogens with zero attached hydrogens (tertiary/aromatic N) is 1. The molecular weight excluding hydrogens is 268 g/mol. The molecule has 0 spiro atoms. The molecule has 19 heavy (non-hydrogen) atoms. The zero-order chi connectivity index (χ0) is 14.3. The Hall–Kier alpha value is -1.38. The van der Waals surface area contributed by atoms with Gasteiger partial charge in [-0.1, -0.05) is 18.3 Å². The van der Waals surface area contributed by atoms with E-state index in [-0.39, 0.29) is 24.9 Å². The van der Waals surface area contributed by atoms with Crippen LogP contribution in [0.2, 0.25) is 0 Å². The summed E-state index contributed by atoms with van der Waals surface area (Å²) in [5.41, 5.74) is 5.71. The lowest BCUT2D eigenvalue weighted by atomic mass is 10.3. The number of thiazole rings is 1. The number of aromatic nitrogens is 1. The highest BCUT2D eigenvalue weighted by atomic mass is 32.1. The lowest BCUT2D eigenvalue weighted by Crippen LogP contribution is -2.40. The SMILES string of the molecule is CCCNc1nc(N)c(C(=O)NC(CO)COC)s1. The Morgan fingerprint density at radius 3 is 2.95 bits per heavy atom. The van der Waals surface area contributed by atoms with Crippen LogP contribution in [0.25, 0.3) is 0 Å². The average Bonchev–Trinajstić information content (AvgIpc) is 2.77. The molecule has 0 fully saturated rings. The van der Waals surface area contributed by atoms with Crippen molar-refractivity contribution in [2.75, 3.05) is 37.9 Å². The minimum atomic E-state index is -0.453. The van der Waals surface area contributed by atoms with E-state index in [1.807, 2.05) is 6.92 Å². The number of carbonyl (C=O) groups is 1. The van der Waals surface area contributed by atoms with E-state index in [4.69, 9.17) is 15.6 Å². The van der Waals surface area contributed by atoms with Crippen molar-refractivity contribution in [2.24, 2.45) is 0 Å². The number of carbonyl (C=O) groups excluding carboxylic acids is 1. The first kappa shape index (κ1) is 15.7. The number of hydrogen-bond donors (Lipinski definition) is 4. The van der Waals surface area contributed by atoms with Gasteiger partial charge in [-0.15, -0.1) is 0 Å². The van der Waals surface area contributed by atoms with Crippen molar-refractivity contribution in [3.8, 4) is 0 Å². The van der Waals surface area contributed by atoms with Crippen LogP contribution < -0.4 is 16.4 Å². The van der Waals surface area contributed by atoms with Crippen molar-refractivity contribution in [1.29, 1.82) is 0 Å². The molecule has 7 nitrogen and oxygen atoms in total. The number of aliphatic hydroxyl groups excluding tert-OH is 1. The summed E-state index contributed by atoms with van der Waals surface area (Å²) >= 11 is 1.20. The predicted molar refractivity (Wildman–Crippen MR) is 75.5 cm³/mol. The summed E-state index contributed by atoms with van der Waals surface area (Å²) in [6.45, 7) is 2.85. The van der Waals surface area contributed by atoms with Gasteiger partial charge in [0.15, 0.2) is 5.13 Å². The Bertz CT molecular complexity index is 411. The summed E-state index contributed by atoms with van der Waals surface area (Å²) in [5, 5.41) is 15.4. The van der Waals surface area contributed by atoms with E-state index in [0.29, 0.717) is 10.0 Å². The molecule has 1 heterocycles. The molecule has 0 bridgehead atoms. The first-order chi connectivity index (χ1) is 9.12. The molecule has 5 N–H and O–H groups in total. The molecule has 1 rings (SSSR count). The van der Waals surface area contributed by atoms with Gasteiger partial charge >= 0.3 is 0 Å². The number of nitrogens with one attached hydrogen (secondary N) is 2. The van der Waals surface area contributed by atoms with Gasteiger partial charge in [-0.2, -0.15) is 0 Å². The largest absolute Gasteiger partial charge is 0.394 e. The predicted octanol–water partition coefficient (Wildman–Crippen LogP) is 0.284. The van der Waals surface area contributed by atoms with Gasteiger partial charge in [0.1, 0.15) is 10.7 Å². The van der Waals surface area contributed by atoms with Gasteiger partial charge in [0.05, 0.1) is 19.3 Å². The summed E-state index contributed by atoms with van der Waals surface area (Å²) in [6.07, 6.45) is 0.960. The van der Waals surface area contributed by atoms with Crippen LogP contribution in [0.5, 0.6) is 0 Å². The van der Waals surface area contributed by atoms with E-state index in [9.17, 15) is 4.79 Å². The monoisotopic (exact) mass is 288 g/mol. The molecule has 1 unspecified atom stereocenters. The van der Waals surface area contributed by atoms with Gasteiger partial charge in [0.2, 0.25) is 0 Å². The quantitative estimate of drug-likeness (QED) is 0.547.